The molecule has 276 valence electrons. The topological polar surface area (TPSA) is 26.6 Å². The number of fused-ring (bicyclic) bond motifs is 7. The standard InChI is InChI=1S/C53H38N4S/c1-34-29-35(2)50(36(3)30-34)56-33-55(51(37-17-6-4-7-18-37)52(56)38-19-8-5-9-20-38)39-21-16-22-40(31-39)57-45-26-12-10-23-41(45)48-46(57)32-43(44-25-14-15-28-54-44)53-49(48)42-24-11-13-27-47(42)58-53/h4-32H,1-3H3. The Morgan fingerprint density at radius 2 is 1.24 bits per heavy atom. The summed E-state index contributed by atoms with van der Waals surface area (Å²) in [6, 6.07) is 61.2. The third-order valence-electron chi connectivity index (χ3n) is 11.4. The van der Waals surface area contributed by atoms with Crippen molar-refractivity contribution < 1.29 is 4.57 Å². The van der Waals surface area contributed by atoms with E-state index >= 15 is 0 Å². The van der Waals surface area contributed by atoms with E-state index in [9.17, 15) is 0 Å². The minimum Gasteiger partial charge on any atom is -0.310 e. The van der Waals surface area contributed by atoms with Gasteiger partial charge in [0.1, 0.15) is 0 Å². The van der Waals surface area contributed by atoms with Crippen molar-refractivity contribution in [1.29, 1.82) is 0 Å². The van der Waals surface area contributed by atoms with Crippen LogP contribution in [-0.2, 0) is 0 Å². The average Bonchev–Trinajstić information content (AvgIpc) is 3.94. The minimum atomic E-state index is 0.973. The first-order chi connectivity index (χ1) is 28.5. The molecule has 0 amide bonds. The fourth-order valence-corrected chi connectivity index (χ4v) is 10.3. The molecule has 0 spiro atoms. The van der Waals surface area contributed by atoms with Gasteiger partial charge >= 0.3 is 0 Å². The van der Waals surface area contributed by atoms with Crippen LogP contribution in [0.25, 0.3) is 92.8 Å². The summed E-state index contributed by atoms with van der Waals surface area (Å²) in [5.74, 6) is 0. The van der Waals surface area contributed by atoms with Gasteiger partial charge < -0.3 is 4.57 Å². The van der Waals surface area contributed by atoms with Crippen molar-refractivity contribution in [2.24, 2.45) is 0 Å². The molecule has 7 aromatic carbocycles. The number of thiophene rings is 1. The van der Waals surface area contributed by atoms with Crippen LogP contribution in [0, 0.1) is 27.1 Å². The summed E-state index contributed by atoms with van der Waals surface area (Å²) >= 11 is 1.85. The number of imidazole rings is 1. The summed E-state index contributed by atoms with van der Waals surface area (Å²) in [7, 11) is 0. The average molecular weight is 763 g/mol. The maximum atomic E-state index is 4.89. The van der Waals surface area contributed by atoms with Crippen molar-refractivity contribution in [3.05, 3.63) is 199 Å². The Labute approximate surface area is 341 Å². The van der Waals surface area contributed by atoms with E-state index in [2.05, 4.69) is 205 Å². The second-order valence-electron chi connectivity index (χ2n) is 15.2. The van der Waals surface area contributed by atoms with Crippen LogP contribution in [0.4, 0.5) is 0 Å². The van der Waals surface area contributed by atoms with Crippen molar-refractivity contribution in [3.63, 3.8) is 0 Å². The highest BCUT2D eigenvalue weighted by atomic mass is 32.1. The van der Waals surface area contributed by atoms with E-state index in [-0.39, 0.29) is 0 Å². The van der Waals surface area contributed by atoms with Gasteiger partial charge in [-0.1, -0.05) is 127 Å². The lowest BCUT2D eigenvalue weighted by molar-refractivity contribution is -0.588. The number of benzene rings is 7. The summed E-state index contributed by atoms with van der Waals surface area (Å²) in [5.41, 5.74) is 15.8. The van der Waals surface area contributed by atoms with Crippen molar-refractivity contribution in [2.75, 3.05) is 0 Å². The van der Waals surface area contributed by atoms with Crippen LogP contribution in [0.3, 0.4) is 0 Å². The molecule has 0 N–H and O–H groups in total. The summed E-state index contributed by atoms with van der Waals surface area (Å²) in [4.78, 5) is 4.89. The van der Waals surface area contributed by atoms with Crippen molar-refractivity contribution in [2.45, 2.75) is 20.8 Å². The number of aromatic nitrogens is 4. The molecule has 4 nitrogen and oxygen atoms in total. The van der Waals surface area contributed by atoms with E-state index in [0.29, 0.717) is 0 Å². The smallest absolute Gasteiger partial charge is 0.269 e. The zero-order chi connectivity index (χ0) is 38.9. The monoisotopic (exact) mass is 762 g/mol. The molecule has 0 saturated carbocycles. The van der Waals surface area contributed by atoms with Crippen LogP contribution in [0.1, 0.15) is 16.7 Å². The van der Waals surface area contributed by atoms with Gasteiger partial charge in [0.25, 0.3) is 6.33 Å². The Morgan fingerprint density at radius 1 is 0.569 bits per heavy atom. The molecule has 58 heavy (non-hydrogen) atoms. The van der Waals surface area contributed by atoms with E-state index in [4.69, 9.17) is 4.98 Å². The maximum Gasteiger partial charge on any atom is 0.269 e. The van der Waals surface area contributed by atoms with Crippen molar-refractivity contribution >= 4 is 53.3 Å². The highest BCUT2D eigenvalue weighted by Crippen LogP contribution is 2.47. The lowest BCUT2D eigenvalue weighted by Crippen LogP contribution is -2.34. The first kappa shape index (κ1) is 34.2. The van der Waals surface area contributed by atoms with Gasteiger partial charge in [0.2, 0.25) is 0 Å². The highest BCUT2D eigenvalue weighted by Gasteiger charge is 2.25. The summed E-state index contributed by atoms with van der Waals surface area (Å²) < 4.78 is 9.53. The van der Waals surface area contributed by atoms with Gasteiger partial charge in [-0.15, -0.1) is 11.3 Å². The molecule has 11 rings (SSSR count). The number of hydrogen-bond donors (Lipinski definition) is 0. The third-order valence-corrected chi connectivity index (χ3v) is 12.6. The number of nitrogens with zero attached hydrogens (tertiary/aromatic N) is 4. The maximum absolute atomic E-state index is 4.89. The van der Waals surface area contributed by atoms with Crippen molar-refractivity contribution in [1.82, 2.24) is 14.1 Å². The van der Waals surface area contributed by atoms with Crippen molar-refractivity contribution in [3.8, 4) is 50.8 Å². The van der Waals surface area contributed by atoms with Gasteiger partial charge in [0, 0.05) is 48.4 Å². The molecule has 0 aliphatic rings. The van der Waals surface area contributed by atoms with E-state index in [0.717, 1.165) is 61.9 Å². The van der Waals surface area contributed by atoms with E-state index < -0.39 is 0 Å². The summed E-state index contributed by atoms with van der Waals surface area (Å²) in [6.07, 6.45) is 5.81. The number of aryl methyl sites for hydroxylation is 3. The van der Waals surface area contributed by atoms with Gasteiger partial charge in [0.05, 0.1) is 39.5 Å². The van der Waals surface area contributed by atoms with Gasteiger partial charge in [0.15, 0.2) is 0 Å². The molecule has 0 aliphatic heterocycles. The largest absolute Gasteiger partial charge is 0.310 e. The van der Waals surface area contributed by atoms with Gasteiger partial charge in [-0.2, -0.15) is 0 Å². The molecule has 0 fully saturated rings. The zero-order valence-corrected chi connectivity index (χ0v) is 33.3. The summed E-state index contributed by atoms with van der Waals surface area (Å²) in [6.45, 7) is 6.59. The molecule has 5 heteroatoms. The Balaban J connectivity index is 1.23. The molecule has 4 heterocycles. The molecule has 0 unspecified atom stereocenters. The molecule has 11 aromatic rings. The predicted octanol–water partition coefficient (Wildman–Crippen LogP) is 13.3. The number of hydrogen-bond acceptors (Lipinski definition) is 2. The third kappa shape index (κ3) is 5.35. The first-order valence-electron chi connectivity index (χ1n) is 19.7. The van der Waals surface area contributed by atoms with Crippen LogP contribution < -0.4 is 4.57 Å². The molecular formula is C53H38N4S. The Morgan fingerprint density at radius 3 is 2.00 bits per heavy atom. The van der Waals surface area contributed by atoms with Crippen LogP contribution in [0.2, 0.25) is 0 Å². The number of rotatable bonds is 6. The molecule has 0 saturated heterocycles. The molecule has 0 bridgehead atoms. The molecule has 0 atom stereocenters. The zero-order valence-electron chi connectivity index (χ0n) is 32.4. The molecule has 0 aliphatic carbocycles. The van der Waals surface area contributed by atoms with Crippen LogP contribution in [0.5, 0.6) is 0 Å². The molecule has 0 radical (unpaired) electrons. The fourth-order valence-electron chi connectivity index (χ4n) is 9.12. The van der Waals surface area contributed by atoms with E-state index in [1.807, 2.05) is 23.6 Å². The first-order valence-corrected chi connectivity index (χ1v) is 20.5. The second kappa shape index (κ2) is 13.5. The lowest BCUT2D eigenvalue weighted by atomic mass is 10.0. The normalized spacial score (nSPS) is 11.7. The summed E-state index contributed by atoms with van der Waals surface area (Å²) in [5, 5.41) is 5.06. The van der Waals surface area contributed by atoms with E-state index in [1.165, 1.54) is 47.6 Å². The predicted molar refractivity (Wildman–Crippen MR) is 242 cm³/mol. The second-order valence-corrected chi connectivity index (χ2v) is 16.2. The van der Waals surface area contributed by atoms with Gasteiger partial charge in [-0.05, 0) is 91.6 Å². The van der Waals surface area contributed by atoms with Gasteiger partial charge in [-0.3, -0.25) is 14.1 Å². The Hall–Kier alpha value is -7.08. The van der Waals surface area contributed by atoms with Crippen LogP contribution in [-0.4, -0.2) is 14.1 Å². The Kier molecular flexibility index (Phi) is 7.98. The lowest BCUT2D eigenvalue weighted by Gasteiger charge is -2.16. The number of pyridine rings is 1. The quantitative estimate of drug-likeness (QED) is 0.122. The number of para-hydroxylation sites is 1. The van der Waals surface area contributed by atoms with Crippen LogP contribution in [0.15, 0.2) is 176 Å². The molecular weight excluding hydrogens is 725 g/mol. The SMILES string of the molecule is Cc1cc(C)c(-[n+]2[c-]n(-c3cccc(-n4c5ccccc5c5c6c(sc7ccccc76)c(-c6ccccn6)cc54)c3)c(-c3ccccc3)c2-c2ccccc2)c(C)c1. The van der Waals surface area contributed by atoms with Gasteiger partial charge in [-0.25, -0.2) is 0 Å². The fraction of sp³-hybridized carbons (Fsp3) is 0.0566. The highest BCUT2D eigenvalue weighted by molar-refractivity contribution is 7.26. The molecule has 4 aromatic heterocycles. The van der Waals surface area contributed by atoms with Crippen LogP contribution >= 0.6 is 11.3 Å². The van der Waals surface area contributed by atoms with E-state index in [1.54, 1.807) is 0 Å². The Bertz CT molecular complexity index is 3330. The minimum absolute atomic E-state index is 0.973.